The van der Waals surface area contributed by atoms with Crippen LogP contribution in [0, 0.1) is 0 Å². The summed E-state index contributed by atoms with van der Waals surface area (Å²) in [7, 11) is 0. The van der Waals surface area contributed by atoms with E-state index in [2.05, 4.69) is 15.3 Å². The van der Waals surface area contributed by atoms with Crippen LogP contribution in [-0.2, 0) is 13.0 Å². The number of benzene rings is 1. The summed E-state index contributed by atoms with van der Waals surface area (Å²) in [5, 5.41) is 8.49. The van der Waals surface area contributed by atoms with Gasteiger partial charge in [0, 0.05) is 43.6 Å². The van der Waals surface area contributed by atoms with E-state index in [9.17, 15) is 9.59 Å². The lowest BCUT2D eigenvalue weighted by Gasteiger charge is -2.14. The zero-order valence-electron chi connectivity index (χ0n) is 19.0. The SMILES string of the molecule is O=C(CCc1cn(-c2ccc(-n3ccccc3=O)cc2OCc2ccncc2)nn1)c1ccc(Cl)s1. The van der Waals surface area contributed by atoms with E-state index in [1.165, 1.54) is 22.0 Å². The number of carbonyl (C=O) groups excluding carboxylic acids is 1. The molecule has 1 aromatic carbocycles. The minimum atomic E-state index is -0.148. The Balaban J connectivity index is 1.40. The van der Waals surface area contributed by atoms with Gasteiger partial charge in [0.1, 0.15) is 18.0 Å². The molecule has 0 radical (unpaired) electrons. The molecule has 0 saturated carbocycles. The second-order valence-electron chi connectivity index (χ2n) is 7.89. The van der Waals surface area contributed by atoms with E-state index in [0.717, 1.165) is 5.56 Å². The zero-order valence-corrected chi connectivity index (χ0v) is 20.5. The van der Waals surface area contributed by atoms with Crippen LogP contribution in [0.5, 0.6) is 5.75 Å². The minimum Gasteiger partial charge on any atom is -0.487 e. The largest absolute Gasteiger partial charge is 0.487 e. The van der Waals surface area contributed by atoms with E-state index in [1.807, 2.05) is 24.3 Å². The molecular weight excluding hydrogens is 498 g/mol. The number of pyridine rings is 2. The van der Waals surface area contributed by atoms with Gasteiger partial charge in [-0.15, -0.1) is 16.4 Å². The lowest BCUT2D eigenvalue weighted by atomic mass is 10.1. The third-order valence-corrected chi connectivity index (χ3v) is 6.70. The number of carbonyl (C=O) groups is 1. The highest BCUT2D eigenvalue weighted by molar-refractivity contribution is 7.18. The van der Waals surface area contributed by atoms with E-state index in [4.69, 9.17) is 16.3 Å². The third kappa shape index (κ3) is 5.42. The number of ketones is 1. The molecule has 4 heterocycles. The van der Waals surface area contributed by atoms with Gasteiger partial charge in [-0.3, -0.25) is 19.1 Å². The van der Waals surface area contributed by atoms with Crippen LogP contribution in [0.25, 0.3) is 11.4 Å². The first-order valence-corrected chi connectivity index (χ1v) is 12.3. The molecule has 180 valence electrons. The van der Waals surface area contributed by atoms with Gasteiger partial charge in [-0.2, -0.15) is 0 Å². The van der Waals surface area contributed by atoms with Gasteiger partial charge in [-0.1, -0.05) is 22.9 Å². The van der Waals surface area contributed by atoms with E-state index >= 15 is 0 Å². The molecule has 0 bridgehead atoms. The van der Waals surface area contributed by atoms with Gasteiger partial charge in [0.05, 0.1) is 26.8 Å². The number of Topliss-reactive ketones (excluding diaryl/α,β-unsaturated/α-hetero) is 1. The second kappa shape index (κ2) is 10.7. The highest BCUT2D eigenvalue weighted by Gasteiger charge is 2.14. The fraction of sp³-hybridized carbons (Fsp3) is 0.115. The Morgan fingerprint density at radius 3 is 2.69 bits per heavy atom. The van der Waals surface area contributed by atoms with Gasteiger partial charge in [0.2, 0.25) is 0 Å². The molecule has 0 saturated heterocycles. The molecule has 0 amide bonds. The van der Waals surface area contributed by atoms with Crippen molar-refractivity contribution in [3.63, 3.8) is 0 Å². The van der Waals surface area contributed by atoms with Crippen molar-refractivity contribution in [1.82, 2.24) is 24.5 Å². The minimum absolute atomic E-state index is 0.0143. The summed E-state index contributed by atoms with van der Waals surface area (Å²) in [4.78, 5) is 29.4. The van der Waals surface area contributed by atoms with E-state index in [1.54, 1.807) is 59.8 Å². The predicted octanol–water partition coefficient (Wildman–Crippen LogP) is 4.92. The topological polar surface area (TPSA) is 91.9 Å². The molecule has 10 heteroatoms. The van der Waals surface area contributed by atoms with Gasteiger partial charge < -0.3 is 4.74 Å². The maximum atomic E-state index is 12.4. The number of halogens is 1. The number of hydrogen-bond donors (Lipinski definition) is 0. The molecule has 36 heavy (non-hydrogen) atoms. The van der Waals surface area contributed by atoms with Crippen molar-refractivity contribution in [2.24, 2.45) is 0 Å². The fourth-order valence-electron chi connectivity index (χ4n) is 3.60. The third-order valence-electron chi connectivity index (χ3n) is 5.43. The highest BCUT2D eigenvalue weighted by atomic mass is 35.5. The molecule has 5 aromatic rings. The summed E-state index contributed by atoms with van der Waals surface area (Å²) < 4.78 is 9.89. The maximum absolute atomic E-state index is 12.4. The predicted molar refractivity (Wildman–Crippen MR) is 138 cm³/mol. The van der Waals surface area contributed by atoms with E-state index in [0.29, 0.717) is 51.5 Å². The van der Waals surface area contributed by atoms with Crippen LogP contribution in [0.1, 0.15) is 27.3 Å². The number of aromatic nitrogens is 5. The molecule has 0 atom stereocenters. The molecule has 0 fully saturated rings. The molecule has 0 spiro atoms. The van der Waals surface area contributed by atoms with Crippen LogP contribution in [0.15, 0.2) is 90.2 Å². The van der Waals surface area contributed by atoms with Gasteiger partial charge >= 0.3 is 0 Å². The Morgan fingerprint density at radius 2 is 1.92 bits per heavy atom. The Bertz CT molecular complexity index is 1560. The van der Waals surface area contributed by atoms with Crippen LogP contribution in [0.4, 0.5) is 0 Å². The van der Waals surface area contributed by atoms with E-state index in [-0.39, 0.29) is 11.3 Å². The molecule has 5 rings (SSSR count). The number of hydrogen-bond acceptors (Lipinski definition) is 7. The van der Waals surface area contributed by atoms with Crippen molar-refractivity contribution in [3.8, 4) is 17.1 Å². The molecule has 0 N–H and O–H groups in total. The fourth-order valence-corrected chi connectivity index (χ4v) is 4.61. The lowest BCUT2D eigenvalue weighted by Crippen LogP contribution is -2.16. The van der Waals surface area contributed by atoms with Gasteiger partial charge in [0.25, 0.3) is 5.56 Å². The average molecular weight is 518 g/mol. The molecule has 4 aromatic heterocycles. The molecule has 0 aliphatic rings. The molecule has 0 aliphatic heterocycles. The van der Waals surface area contributed by atoms with Gasteiger partial charge in [-0.05, 0) is 48.0 Å². The molecule has 0 aliphatic carbocycles. The Hall–Kier alpha value is -4.08. The van der Waals surface area contributed by atoms with Crippen molar-refractivity contribution >= 4 is 28.7 Å². The van der Waals surface area contributed by atoms with Crippen LogP contribution >= 0.6 is 22.9 Å². The number of ether oxygens (including phenoxy) is 1. The van der Waals surface area contributed by atoms with Crippen molar-refractivity contribution < 1.29 is 9.53 Å². The maximum Gasteiger partial charge on any atom is 0.255 e. The Kier molecular flexibility index (Phi) is 7.01. The van der Waals surface area contributed by atoms with E-state index < -0.39 is 0 Å². The van der Waals surface area contributed by atoms with Crippen molar-refractivity contribution in [2.75, 3.05) is 0 Å². The quantitative estimate of drug-likeness (QED) is 0.258. The first kappa shape index (κ1) is 23.7. The summed E-state index contributed by atoms with van der Waals surface area (Å²) in [6.45, 7) is 0.308. The summed E-state index contributed by atoms with van der Waals surface area (Å²) in [5.74, 6) is 0.543. The average Bonchev–Trinajstić information content (AvgIpc) is 3.56. The summed E-state index contributed by atoms with van der Waals surface area (Å²) in [6, 6.07) is 17.6. The second-order valence-corrected chi connectivity index (χ2v) is 9.60. The summed E-state index contributed by atoms with van der Waals surface area (Å²) in [6.07, 6.45) is 7.63. The monoisotopic (exact) mass is 517 g/mol. The molecule has 0 unspecified atom stereocenters. The van der Waals surface area contributed by atoms with Crippen LogP contribution < -0.4 is 10.3 Å². The first-order valence-electron chi connectivity index (χ1n) is 11.1. The first-order chi connectivity index (χ1) is 17.6. The van der Waals surface area contributed by atoms with Crippen molar-refractivity contribution in [2.45, 2.75) is 19.4 Å². The Labute approximate surface area is 215 Å². The zero-order chi connectivity index (χ0) is 24.9. The lowest BCUT2D eigenvalue weighted by molar-refractivity contribution is 0.0986. The standard InChI is InChI=1S/C26H20ClN5O3S/c27-25-9-8-24(36-25)22(33)7-4-19-16-32(30-29-19)21-6-5-20(31-14-2-1-3-26(31)34)15-23(21)35-17-18-10-12-28-13-11-18/h1-3,5-6,8-16H,4,7,17H2. The number of nitrogens with zero attached hydrogens (tertiary/aromatic N) is 5. The van der Waals surface area contributed by atoms with Gasteiger partial charge in [-0.25, -0.2) is 4.68 Å². The summed E-state index contributed by atoms with van der Waals surface area (Å²) >= 11 is 7.21. The normalized spacial score (nSPS) is 10.9. The Morgan fingerprint density at radius 1 is 1.06 bits per heavy atom. The van der Waals surface area contributed by atoms with Crippen LogP contribution in [0.2, 0.25) is 4.34 Å². The van der Waals surface area contributed by atoms with Crippen LogP contribution in [0.3, 0.4) is 0 Å². The smallest absolute Gasteiger partial charge is 0.255 e. The van der Waals surface area contributed by atoms with Gasteiger partial charge in [0.15, 0.2) is 5.78 Å². The van der Waals surface area contributed by atoms with Crippen molar-refractivity contribution in [1.29, 1.82) is 0 Å². The number of aryl methyl sites for hydroxylation is 1. The summed E-state index contributed by atoms with van der Waals surface area (Å²) in [5.41, 5.74) is 2.80. The van der Waals surface area contributed by atoms with Crippen LogP contribution in [-0.4, -0.2) is 30.3 Å². The van der Waals surface area contributed by atoms with Crippen molar-refractivity contribution in [3.05, 3.63) is 116 Å². The number of rotatable bonds is 9. The highest BCUT2D eigenvalue weighted by Crippen LogP contribution is 2.27. The number of thiophene rings is 1. The molecular formula is C26H20ClN5O3S. The molecule has 8 nitrogen and oxygen atoms in total.